The van der Waals surface area contributed by atoms with Crippen LogP contribution < -0.4 is 16.0 Å². The molecule has 0 bridgehead atoms. The summed E-state index contributed by atoms with van der Waals surface area (Å²) >= 11 is 0. The van der Waals surface area contributed by atoms with Crippen LogP contribution in [-0.2, 0) is 123 Å². The third-order valence-corrected chi connectivity index (χ3v) is 26.2. The lowest BCUT2D eigenvalue weighted by Gasteiger charge is -2.53. The molecule has 0 aromatic carbocycles. The van der Waals surface area contributed by atoms with Gasteiger partial charge in [-0.1, -0.05) is 0 Å². The first-order valence-corrected chi connectivity index (χ1v) is 44.6. The molecular formula is C78H131N3O57. The molecule has 12 rings (SSSR count). The minimum Gasteiger partial charge on any atom is -0.394 e. The normalized spacial score (nSPS) is 52.1. The predicted molar refractivity (Wildman–Crippen MR) is 424 cm³/mol. The topological polar surface area (TPSA) is 927 Å². The van der Waals surface area contributed by atoms with Crippen molar-refractivity contribution in [3.63, 3.8) is 0 Å². The molecule has 12 aliphatic rings. The Hall–Kier alpha value is -3.75. The van der Waals surface area contributed by atoms with E-state index in [0.717, 1.165) is 20.8 Å². The van der Waals surface area contributed by atoms with Crippen molar-refractivity contribution in [1.29, 1.82) is 0 Å². The summed E-state index contributed by atoms with van der Waals surface area (Å²) in [6.45, 7) is -2.21. The maximum atomic E-state index is 13.9. The molecule has 12 saturated heterocycles. The number of carbonyl (C=O) groups is 3. The van der Waals surface area contributed by atoms with Crippen molar-refractivity contribution in [3.05, 3.63) is 0 Å². The molecule has 12 aliphatic heterocycles. The van der Waals surface area contributed by atoms with E-state index in [0.29, 0.717) is 0 Å². The second-order valence-corrected chi connectivity index (χ2v) is 35.7. The molecule has 0 saturated carbocycles. The summed E-state index contributed by atoms with van der Waals surface area (Å²) in [6, 6.07) is -6.39. The van der Waals surface area contributed by atoms with Gasteiger partial charge in [-0.3, -0.25) is 14.4 Å². The SMILES string of the molecule is CC(=O)N[C@H]1[C@H](O[C@H]2[C@@H](O)[C@@H](CO)O[C@@H](O[C@H]3[C@H](O)[C@@H](O)C(O)O[C@@H]3CO)[C@@H]2O)O[C@H](CO)[C@@H](O[C@@H]2O[C@H](CO)[C@H](O)[C@H](O[C@@H]3O[C@H](CO)[C@@H](O[C@@H]4O[C@H](CO)[C@H](O)[C@H](OC5O[C@H](CO)[C@@H](O[C@@H]6O[C@@H](C)[C@@H](O)[C@@H](O)[C@@H]6O)[C@H](O[C@@H]6O[C@H](CO)[C@H](O)[C@H](O)[C@H]6O[C@@H]6O[C@@H](C)[C@@H](O)[C@@H](O)[C@@H]6O)[C@H]5NC(C)=O)[C@H]4O)[C@H](O[C@@H]4O[C@@H](C)[C@@H](O)[C@@H](O)[C@@H]4O)[C@H]3NC(C)=O)[C@H]2O)[C@@H]1O[C@@H]1O[C@@H](C)[C@@H](O)[C@@H](O)[C@@H]1O. The van der Waals surface area contributed by atoms with Gasteiger partial charge in [0.2, 0.25) is 17.7 Å². The van der Waals surface area contributed by atoms with E-state index in [4.69, 9.17) is 109 Å². The zero-order valence-corrected chi connectivity index (χ0v) is 74.8. The Morgan fingerprint density at radius 3 is 0.659 bits per heavy atom. The van der Waals surface area contributed by atoms with Crippen LogP contribution in [0.3, 0.4) is 0 Å². The van der Waals surface area contributed by atoms with Crippen LogP contribution in [0.2, 0.25) is 0 Å². The second-order valence-electron chi connectivity index (χ2n) is 35.7. The van der Waals surface area contributed by atoms with Gasteiger partial charge < -0.3 is 283 Å². The van der Waals surface area contributed by atoms with Crippen molar-refractivity contribution >= 4 is 17.7 Å². The molecule has 60 nitrogen and oxygen atoms in total. The van der Waals surface area contributed by atoms with Crippen LogP contribution in [0.15, 0.2) is 0 Å². The average molecular weight is 2020 g/mol. The van der Waals surface area contributed by atoms with Gasteiger partial charge in [-0.15, -0.1) is 0 Å². The number of ether oxygens (including phenoxy) is 23. The highest BCUT2D eigenvalue weighted by atomic mass is 16.8. The Bertz CT molecular complexity index is 3790. The quantitative estimate of drug-likeness (QED) is 0.0290. The first-order chi connectivity index (χ1) is 65.2. The van der Waals surface area contributed by atoms with Gasteiger partial charge >= 0.3 is 0 Å². The average Bonchev–Trinajstić information content (AvgIpc) is 0.750. The van der Waals surface area contributed by atoms with Gasteiger partial charge in [0.05, 0.1) is 77.3 Å². The summed E-state index contributed by atoms with van der Waals surface area (Å²) in [5.41, 5.74) is 0. The number of nitrogens with one attached hydrogen (secondary N) is 3. The van der Waals surface area contributed by atoms with Crippen LogP contribution in [0.4, 0.5) is 0 Å². The van der Waals surface area contributed by atoms with Crippen LogP contribution in [0.1, 0.15) is 48.5 Å². The van der Waals surface area contributed by atoms with E-state index in [2.05, 4.69) is 16.0 Å². The molecule has 12 fully saturated rings. The smallest absolute Gasteiger partial charge is 0.217 e. The second kappa shape index (κ2) is 48.5. The molecule has 800 valence electrons. The fourth-order valence-corrected chi connectivity index (χ4v) is 18.4. The number of amides is 3. The van der Waals surface area contributed by atoms with E-state index in [-0.39, 0.29) is 0 Å². The molecule has 0 aromatic heterocycles. The standard InChI is InChI=1S/C78H131N3O57/c1-16-34(93)42(101)49(108)71(116-16)129-59-30(15-89)127-70(33(81-22(7)92)62(59)134-78-66(46(105)38(97)23(8-82)124-78)138-74-52(111)45(104)37(96)19(4)119-74)137-65-41(100)26(11-85)123-77(55(65)114)131-58-29(14-88)126-69(32(80-21(6)91)61(58)133-73-51(110)44(103)36(95)18(3)118-73)136-64-40(99)25(10-84)122-76(54(64)113)130-57-28(13-87)125-68(31(79-20(5)90)60(57)132-72-50(109)43(102)35(94)17(2)117-72)135-63-39(98)24(9-83)121-75(53(63)112)128-56-27(12-86)120-67(115)48(107)47(56)106/h16-19,23-78,82-89,93-115H,8-15H2,1-7H3,(H,79,90)(H,80,91)(H,81,92)/t16-,17-,18-,19-,23+,24+,25+,26+,27+,28+,29+,30+,31+,32+,33+,34+,35+,36+,37+,38-,39-,40-,41-,42+,43+,44+,45+,46-,47+,48+,49-,50-,51-,52-,53+,54+,55+,56+,57+,58+,59+,60+,61+,62+,63-,64-,65-,66+,67?,68-,69-,70?,71-,72-,73-,74-,75-,76-,77-,78-/m0/s1. The molecule has 0 radical (unpaired) electrons. The minimum absolute atomic E-state index is 0.871. The Kier molecular flexibility index (Phi) is 39.7. The lowest BCUT2D eigenvalue weighted by Crippen LogP contribution is -2.72. The van der Waals surface area contributed by atoms with E-state index in [1.165, 1.54) is 27.7 Å². The third-order valence-electron chi connectivity index (χ3n) is 26.2. The van der Waals surface area contributed by atoms with E-state index in [1.807, 2.05) is 0 Å². The largest absolute Gasteiger partial charge is 0.394 e. The highest BCUT2D eigenvalue weighted by molar-refractivity contribution is 5.74. The van der Waals surface area contributed by atoms with Crippen molar-refractivity contribution in [2.24, 2.45) is 0 Å². The summed E-state index contributed by atoms with van der Waals surface area (Å²) < 4.78 is 140. The number of aliphatic hydroxyl groups excluding tert-OH is 31. The summed E-state index contributed by atoms with van der Waals surface area (Å²) in [5, 5.41) is 357. The summed E-state index contributed by atoms with van der Waals surface area (Å²) in [4.78, 5) is 41.3. The molecule has 12 heterocycles. The highest BCUT2D eigenvalue weighted by Gasteiger charge is 2.65. The van der Waals surface area contributed by atoms with Gasteiger partial charge in [-0.05, 0) is 27.7 Å². The van der Waals surface area contributed by atoms with Crippen molar-refractivity contribution in [3.8, 4) is 0 Å². The van der Waals surface area contributed by atoms with Gasteiger partial charge in [-0.2, -0.15) is 0 Å². The van der Waals surface area contributed by atoms with Gasteiger partial charge in [0.15, 0.2) is 75.5 Å². The number of hydrogen-bond donors (Lipinski definition) is 34. The third kappa shape index (κ3) is 24.0. The van der Waals surface area contributed by atoms with Crippen LogP contribution in [-0.4, -0.2) is 597 Å². The van der Waals surface area contributed by atoms with Crippen molar-refractivity contribution < 1.29 is 282 Å². The van der Waals surface area contributed by atoms with E-state index in [1.54, 1.807) is 0 Å². The summed E-state index contributed by atoms with van der Waals surface area (Å²) in [7, 11) is 0. The van der Waals surface area contributed by atoms with Crippen LogP contribution in [0, 0.1) is 0 Å². The first-order valence-electron chi connectivity index (χ1n) is 44.6. The number of rotatable bonds is 33. The first kappa shape index (κ1) is 113. The fourth-order valence-electron chi connectivity index (χ4n) is 18.4. The highest BCUT2D eigenvalue weighted by Crippen LogP contribution is 2.44. The number of carbonyl (C=O) groups excluding carboxylic acids is 3. The zero-order valence-electron chi connectivity index (χ0n) is 74.8. The Labute approximate surface area is 782 Å². The molecular weight excluding hydrogens is 1890 g/mol. The van der Waals surface area contributed by atoms with Crippen molar-refractivity contribution in [2.45, 2.75) is 417 Å². The lowest BCUT2D eigenvalue weighted by atomic mass is 9.93. The molecule has 0 aliphatic carbocycles. The monoisotopic (exact) mass is 2020 g/mol. The number of hydrogen-bond acceptors (Lipinski definition) is 57. The zero-order chi connectivity index (χ0) is 101. The molecule has 60 atom stereocenters. The Morgan fingerprint density at radius 1 is 0.188 bits per heavy atom. The lowest BCUT2D eigenvalue weighted by molar-refractivity contribution is -0.405. The molecule has 34 N–H and O–H groups in total. The Balaban J connectivity index is 0.872. The van der Waals surface area contributed by atoms with Gasteiger partial charge in [0.1, 0.15) is 268 Å². The van der Waals surface area contributed by atoms with Crippen LogP contribution in [0.25, 0.3) is 0 Å². The van der Waals surface area contributed by atoms with Gasteiger partial charge in [0.25, 0.3) is 0 Å². The van der Waals surface area contributed by atoms with Crippen LogP contribution >= 0.6 is 0 Å². The van der Waals surface area contributed by atoms with Crippen LogP contribution in [0.5, 0.6) is 0 Å². The van der Waals surface area contributed by atoms with Crippen molar-refractivity contribution in [2.75, 3.05) is 52.9 Å². The molecule has 3 amide bonds. The van der Waals surface area contributed by atoms with Gasteiger partial charge in [0, 0.05) is 20.8 Å². The van der Waals surface area contributed by atoms with Gasteiger partial charge in [-0.25, -0.2) is 0 Å². The minimum atomic E-state index is -2.61. The Morgan fingerprint density at radius 2 is 0.391 bits per heavy atom. The molecule has 2 unspecified atom stereocenters. The maximum Gasteiger partial charge on any atom is 0.217 e. The molecule has 138 heavy (non-hydrogen) atoms. The van der Waals surface area contributed by atoms with E-state index < -0.39 is 439 Å². The van der Waals surface area contributed by atoms with Crippen molar-refractivity contribution in [1.82, 2.24) is 16.0 Å². The van der Waals surface area contributed by atoms with E-state index >= 15 is 0 Å². The molecule has 0 spiro atoms. The summed E-state index contributed by atoms with van der Waals surface area (Å²) in [6.07, 6.45) is -120. The fraction of sp³-hybridized carbons (Fsp3) is 0.962. The summed E-state index contributed by atoms with van der Waals surface area (Å²) in [5.74, 6) is -3.19. The maximum absolute atomic E-state index is 13.9. The molecule has 0 aromatic rings. The number of aliphatic hydroxyl groups is 31. The molecule has 60 heteroatoms. The van der Waals surface area contributed by atoms with E-state index in [9.17, 15) is 173 Å². The predicted octanol–water partition coefficient (Wildman–Crippen LogP) is -22.6.